The minimum Gasteiger partial charge on any atom is -0.384 e. The van der Waals surface area contributed by atoms with E-state index in [1.165, 1.54) is 17.1 Å². The number of nitrogens with zero attached hydrogens (tertiary/aromatic N) is 5. The van der Waals surface area contributed by atoms with Crippen molar-refractivity contribution in [3.8, 4) is 5.82 Å². The molecule has 0 saturated carbocycles. The molecule has 28 heavy (non-hydrogen) atoms. The van der Waals surface area contributed by atoms with Gasteiger partial charge in [-0.1, -0.05) is 19.1 Å². The Kier molecular flexibility index (Phi) is 4.51. The molecule has 1 aliphatic rings. The van der Waals surface area contributed by atoms with Crippen molar-refractivity contribution in [2.75, 3.05) is 6.26 Å². The van der Waals surface area contributed by atoms with Gasteiger partial charge in [-0.05, 0) is 30.9 Å². The van der Waals surface area contributed by atoms with Crippen LogP contribution in [0, 0.1) is 0 Å². The second-order valence-electron chi connectivity index (χ2n) is 6.89. The second kappa shape index (κ2) is 6.75. The van der Waals surface area contributed by atoms with E-state index in [9.17, 15) is 14.1 Å². The fraction of sp³-hybridized carbons (Fsp3) is 0.368. The molecule has 0 radical (unpaired) electrons. The van der Waals surface area contributed by atoms with E-state index in [2.05, 4.69) is 16.5 Å². The summed E-state index contributed by atoms with van der Waals surface area (Å²) in [5.41, 5.74) is 0.726. The van der Waals surface area contributed by atoms with Gasteiger partial charge in [0, 0.05) is 12.5 Å². The molecule has 3 heterocycles. The molecule has 4 rings (SSSR count). The van der Waals surface area contributed by atoms with Gasteiger partial charge in [0.15, 0.2) is 11.5 Å². The van der Waals surface area contributed by atoms with Gasteiger partial charge in [-0.15, -0.1) is 6.58 Å². The van der Waals surface area contributed by atoms with Gasteiger partial charge in [-0.25, -0.2) is 24.3 Å². The molecule has 0 aliphatic heterocycles. The average Bonchev–Trinajstić information content (AvgIpc) is 3.17. The van der Waals surface area contributed by atoms with Crippen molar-refractivity contribution < 1.29 is 9.32 Å². The highest BCUT2D eigenvalue weighted by molar-refractivity contribution is 7.84. The molecule has 8 nitrogen and oxygen atoms in total. The van der Waals surface area contributed by atoms with Crippen LogP contribution in [0.2, 0.25) is 0 Å². The zero-order valence-corrected chi connectivity index (χ0v) is 16.6. The van der Waals surface area contributed by atoms with E-state index >= 15 is 0 Å². The lowest BCUT2D eigenvalue weighted by atomic mass is 9.98. The Labute approximate surface area is 164 Å². The van der Waals surface area contributed by atoms with Crippen molar-refractivity contribution in [1.82, 2.24) is 24.3 Å². The number of hydrogen-bond donors (Lipinski definition) is 1. The van der Waals surface area contributed by atoms with Gasteiger partial charge >= 0.3 is 0 Å². The highest BCUT2D eigenvalue weighted by Crippen LogP contribution is 2.38. The molecule has 3 aromatic rings. The Balaban J connectivity index is 2.03. The molecular weight excluding hydrogens is 378 g/mol. The normalized spacial score (nSPS) is 19.7. The van der Waals surface area contributed by atoms with E-state index < -0.39 is 16.4 Å². The van der Waals surface area contributed by atoms with Crippen molar-refractivity contribution in [2.45, 2.75) is 43.5 Å². The first-order valence-corrected chi connectivity index (χ1v) is 10.6. The molecule has 1 unspecified atom stereocenters. The summed E-state index contributed by atoms with van der Waals surface area (Å²) in [4.78, 5) is 26.0. The average molecular weight is 399 g/mol. The van der Waals surface area contributed by atoms with E-state index in [4.69, 9.17) is 4.98 Å². The Hall–Kier alpha value is -2.65. The van der Waals surface area contributed by atoms with Crippen LogP contribution in [0.25, 0.3) is 16.9 Å². The van der Waals surface area contributed by atoms with Gasteiger partial charge in [0.1, 0.15) is 11.0 Å². The fourth-order valence-corrected chi connectivity index (χ4v) is 4.09. The number of fused-ring (bicyclic) bond motifs is 2. The van der Waals surface area contributed by atoms with E-state index in [1.54, 1.807) is 10.8 Å². The first-order valence-electron chi connectivity index (χ1n) is 9.05. The molecule has 146 valence electrons. The van der Waals surface area contributed by atoms with Crippen LogP contribution in [0.1, 0.15) is 31.0 Å². The minimum atomic E-state index is -1.39. The summed E-state index contributed by atoms with van der Waals surface area (Å²) >= 11 is 0. The molecule has 1 aliphatic carbocycles. The van der Waals surface area contributed by atoms with Gasteiger partial charge in [-0.2, -0.15) is 0 Å². The summed E-state index contributed by atoms with van der Waals surface area (Å²) in [5.74, 6) is 0.466. The zero-order valence-electron chi connectivity index (χ0n) is 15.8. The van der Waals surface area contributed by atoms with Crippen LogP contribution in [0.15, 0.2) is 40.9 Å². The van der Waals surface area contributed by atoms with Gasteiger partial charge < -0.3 is 5.11 Å². The number of hydrogen-bond acceptors (Lipinski definition) is 6. The molecular formula is C19H21N5O3S. The lowest BCUT2D eigenvalue weighted by Crippen LogP contribution is -2.25. The predicted molar refractivity (Wildman–Crippen MR) is 106 cm³/mol. The van der Waals surface area contributed by atoms with Crippen LogP contribution in [-0.4, -0.2) is 39.9 Å². The van der Waals surface area contributed by atoms with Crippen molar-refractivity contribution in [2.24, 2.45) is 0 Å². The largest absolute Gasteiger partial charge is 0.384 e. The van der Waals surface area contributed by atoms with Crippen LogP contribution in [-0.2, 0) is 29.4 Å². The van der Waals surface area contributed by atoms with Gasteiger partial charge in [0.2, 0.25) is 5.16 Å². The van der Waals surface area contributed by atoms with Crippen LogP contribution < -0.4 is 5.56 Å². The lowest BCUT2D eigenvalue weighted by Gasteiger charge is -2.21. The fourth-order valence-electron chi connectivity index (χ4n) is 3.68. The Morgan fingerprint density at radius 3 is 2.86 bits per heavy atom. The standard InChI is InChI=1S/C19H21N5O3S/c1-4-10-23-17(25)13-11-20-18(28(3)27)22-16(13)24(23)14-7-6-12-8-9-19(26,5-2)15(12)21-14/h4,6-7,11,26H,1,5,8-10H2,2-3H3/t19-,28?/m1/s1. The van der Waals surface area contributed by atoms with Crippen LogP contribution in [0.3, 0.4) is 0 Å². The Bertz CT molecular complexity index is 1180. The third-order valence-corrected chi connectivity index (χ3v) is 5.94. The number of aliphatic hydroxyl groups is 1. The third kappa shape index (κ3) is 2.73. The van der Waals surface area contributed by atoms with Crippen molar-refractivity contribution in [3.63, 3.8) is 0 Å². The summed E-state index contributed by atoms with van der Waals surface area (Å²) in [5, 5.41) is 11.4. The second-order valence-corrected chi connectivity index (χ2v) is 8.17. The topological polar surface area (TPSA) is 103 Å². The van der Waals surface area contributed by atoms with Crippen LogP contribution >= 0.6 is 0 Å². The summed E-state index contributed by atoms with van der Waals surface area (Å²) < 4.78 is 14.9. The quantitative estimate of drug-likeness (QED) is 0.514. The Morgan fingerprint density at radius 2 is 2.18 bits per heavy atom. The molecule has 2 atom stereocenters. The minimum absolute atomic E-state index is 0.142. The maximum atomic E-state index is 12.9. The van der Waals surface area contributed by atoms with Crippen LogP contribution in [0.4, 0.5) is 0 Å². The molecule has 0 bridgehead atoms. The molecule has 3 aromatic heterocycles. The van der Waals surface area contributed by atoms with Gasteiger partial charge in [0.25, 0.3) is 5.56 Å². The highest BCUT2D eigenvalue weighted by atomic mass is 32.2. The first kappa shape index (κ1) is 18.7. The van der Waals surface area contributed by atoms with Gasteiger partial charge in [-0.3, -0.25) is 9.00 Å². The summed E-state index contributed by atoms with van der Waals surface area (Å²) in [7, 11) is -1.39. The number of aryl methyl sites for hydroxylation is 1. The molecule has 0 amide bonds. The van der Waals surface area contributed by atoms with E-state index in [0.29, 0.717) is 35.4 Å². The number of aromatic nitrogens is 5. The van der Waals surface area contributed by atoms with Crippen molar-refractivity contribution in [3.05, 3.63) is 52.6 Å². The highest BCUT2D eigenvalue weighted by Gasteiger charge is 2.37. The number of pyridine rings is 1. The third-order valence-electron chi connectivity index (χ3n) is 5.23. The number of allylic oxidation sites excluding steroid dienone is 1. The van der Waals surface area contributed by atoms with E-state index in [0.717, 1.165) is 12.0 Å². The van der Waals surface area contributed by atoms with Crippen LogP contribution in [0.5, 0.6) is 0 Å². The van der Waals surface area contributed by atoms with E-state index in [-0.39, 0.29) is 17.3 Å². The van der Waals surface area contributed by atoms with Crippen molar-refractivity contribution >= 4 is 21.8 Å². The maximum absolute atomic E-state index is 12.9. The maximum Gasteiger partial charge on any atom is 0.278 e. The monoisotopic (exact) mass is 399 g/mol. The van der Waals surface area contributed by atoms with E-state index in [1.807, 2.05) is 19.1 Å². The molecule has 0 aromatic carbocycles. The summed E-state index contributed by atoms with van der Waals surface area (Å²) in [6.45, 7) is 5.90. The molecule has 1 N–H and O–H groups in total. The Morgan fingerprint density at radius 1 is 1.39 bits per heavy atom. The SMILES string of the molecule is C=CCn1c(=O)c2cnc(S(C)=O)nc2n1-c1ccc2c(n1)[C@@](O)(CC)CC2. The first-order chi connectivity index (χ1) is 13.4. The number of rotatable bonds is 5. The molecule has 0 saturated heterocycles. The zero-order chi connectivity index (χ0) is 20.1. The summed E-state index contributed by atoms with van der Waals surface area (Å²) in [6, 6.07) is 3.74. The smallest absolute Gasteiger partial charge is 0.278 e. The summed E-state index contributed by atoms with van der Waals surface area (Å²) in [6.07, 6.45) is 6.44. The van der Waals surface area contributed by atoms with Gasteiger partial charge in [0.05, 0.1) is 23.0 Å². The van der Waals surface area contributed by atoms with Crippen molar-refractivity contribution in [1.29, 1.82) is 0 Å². The lowest BCUT2D eigenvalue weighted by molar-refractivity contribution is 0.0306. The molecule has 0 fully saturated rings. The molecule has 0 spiro atoms. The predicted octanol–water partition coefficient (Wildman–Crippen LogP) is 1.44. The molecule has 9 heteroatoms.